The lowest BCUT2D eigenvalue weighted by Crippen LogP contribution is -1.96. The highest BCUT2D eigenvalue weighted by molar-refractivity contribution is 5.72. The molecule has 0 unspecified atom stereocenters. The fourth-order valence-corrected chi connectivity index (χ4v) is 2.63. The topological polar surface area (TPSA) is 0 Å². The molecule has 0 saturated carbocycles. The minimum atomic E-state index is -1.01. The zero-order chi connectivity index (χ0) is 18.3. The van der Waals surface area contributed by atoms with E-state index in [1.165, 1.54) is 25.1 Å². The summed E-state index contributed by atoms with van der Waals surface area (Å²) in [5.41, 5.74) is -0.339. The third-order valence-corrected chi connectivity index (χ3v) is 4.05. The van der Waals surface area contributed by atoms with Crippen molar-refractivity contribution in [1.82, 2.24) is 0 Å². The largest absolute Gasteiger partial charge is 0.207 e. The molecule has 0 saturated heterocycles. The molecular weight excluding hydrogens is 335 g/mol. The minimum Gasteiger partial charge on any atom is -0.207 e. The normalized spacial score (nSPS) is 11.0. The Hall–Kier alpha value is -2.69. The van der Waals surface area contributed by atoms with Crippen molar-refractivity contribution in [3.63, 3.8) is 0 Å². The molecule has 25 heavy (non-hydrogen) atoms. The lowest BCUT2D eigenvalue weighted by atomic mass is 9.97. The Morgan fingerprint density at radius 2 is 1.04 bits per heavy atom. The molecule has 3 aromatic rings. The standard InChI is InChI=1S/C20H13F5/c1-10-3-4-14(17(23)5-10)20-18(24)8-13(9-19(20)25)12-6-15(21)11(2)16(22)7-12/h3-9H,1-2H3. The van der Waals surface area contributed by atoms with Crippen molar-refractivity contribution in [1.29, 1.82) is 0 Å². The molecule has 0 aliphatic carbocycles. The van der Waals surface area contributed by atoms with Crippen LogP contribution in [0.25, 0.3) is 22.3 Å². The fourth-order valence-electron chi connectivity index (χ4n) is 2.63. The number of benzene rings is 3. The molecule has 0 aliphatic heterocycles. The molecule has 128 valence electrons. The fraction of sp³-hybridized carbons (Fsp3) is 0.100. The number of aryl methyl sites for hydroxylation is 1. The van der Waals surface area contributed by atoms with Crippen molar-refractivity contribution in [3.05, 3.63) is 82.7 Å². The first-order valence-electron chi connectivity index (χ1n) is 7.49. The third kappa shape index (κ3) is 3.14. The molecule has 0 radical (unpaired) electrons. The van der Waals surface area contributed by atoms with Crippen LogP contribution in [0.3, 0.4) is 0 Å². The molecule has 0 spiro atoms. The molecule has 0 N–H and O–H groups in total. The summed E-state index contributed by atoms with van der Waals surface area (Å²) in [5, 5.41) is 0. The quantitative estimate of drug-likeness (QED) is 0.475. The molecule has 0 nitrogen and oxygen atoms in total. The van der Waals surface area contributed by atoms with E-state index in [1.54, 1.807) is 6.92 Å². The van der Waals surface area contributed by atoms with E-state index in [9.17, 15) is 22.0 Å². The van der Waals surface area contributed by atoms with Crippen LogP contribution < -0.4 is 0 Å². The van der Waals surface area contributed by atoms with Crippen LogP contribution in [0.15, 0.2) is 42.5 Å². The number of halogens is 5. The van der Waals surface area contributed by atoms with Gasteiger partial charge < -0.3 is 0 Å². The van der Waals surface area contributed by atoms with Crippen LogP contribution in [0.4, 0.5) is 22.0 Å². The number of hydrogen-bond acceptors (Lipinski definition) is 0. The summed E-state index contributed by atoms with van der Waals surface area (Å²) in [6.45, 7) is 2.92. The van der Waals surface area contributed by atoms with E-state index in [1.807, 2.05) is 0 Å². The molecule has 0 aromatic heterocycles. The maximum atomic E-state index is 14.4. The first kappa shape index (κ1) is 17.1. The van der Waals surface area contributed by atoms with Crippen LogP contribution in [0, 0.1) is 42.9 Å². The van der Waals surface area contributed by atoms with Crippen LogP contribution >= 0.6 is 0 Å². The van der Waals surface area contributed by atoms with E-state index in [0.29, 0.717) is 5.56 Å². The van der Waals surface area contributed by atoms with Gasteiger partial charge in [0.25, 0.3) is 0 Å². The molecule has 3 rings (SSSR count). The Labute approximate surface area is 141 Å². The summed E-state index contributed by atoms with van der Waals surface area (Å²) in [5.74, 6) is -4.41. The van der Waals surface area contributed by atoms with Gasteiger partial charge in [-0.15, -0.1) is 0 Å². The molecule has 0 fully saturated rings. The van der Waals surface area contributed by atoms with Crippen LogP contribution in [0.2, 0.25) is 0 Å². The number of rotatable bonds is 2. The van der Waals surface area contributed by atoms with Gasteiger partial charge in [0.1, 0.15) is 29.1 Å². The van der Waals surface area contributed by atoms with Gasteiger partial charge in [0.2, 0.25) is 0 Å². The molecular formula is C20H13F5. The molecule has 5 heteroatoms. The first-order chi connectivity index (χ1) is 11.8. The predicted molar refractivity (Wildman–Crippen MR) is 86.6 cm³/mol. The van der Waals surface area contributed by atoms with Crippen LogP contribution in [-0.4, -0.2) is 0 Å². The molecule has 0 atom stereocenters. The summed E-state index contributed by atoms with van der Waals surface area (Å²) >= 11 is 0. The summed E-state index contributed by atoms with van der Waals surface area (Å²) in [6.07, 6.45) is 0. The first-order valence-corrected chi connectivity index (χ1v) is 7.49. The van der Waals surface area contributed by atoms with Gasteiger partial charge in [-0.05, 0) is 60.9 Å². The predicted octanol–water partition coefficient (Wildman–Crippen LogP) is 6.33. The molecule has 0 bridgehead atoms. The van der Waals surface area contributed by atoms with E-state index < -0.39 is 34.6 Å². The van der Waals surface area contributed by atoms with Crippen molar-refractivity contribution >= 4 is 0 Å². The molecule has 0 aliphatic rings. The van der Waals surface area contributed by atoms with Gasteiger partial charge in [-0.3, -0.25) is 0 Å². The lowest BCUT2D eigenvalue weighted by molar-refractivity contribution is 0.568. The highest BCUT2D eigenvalue weighted by Crippen LogP contribution is 2.33. The van der Waals surface area contributed by atoms with Crippen LogP contribution in [0.1, 0.15) is 11.1 Å². The minimum absolute atomic E-state index is 0.00525. The van der Waals surface area contributed by atoms with Crippen LogP contribution in [-0.2, 0) is 0 Å². The van der Waals surface area contributed by atoms with E-state index in [4.69, 9.17) is 0 Å². The average Bonchev–Trinajstić information content (AvgIpc) is 2.53. The van der Waals surface area contributed by atoms with Gasteiger partial charge >= 0.3 is 0 Å². The molecule has 0 amide bonds. The summed E-state index contributed by atoms with van der Waals surface area (Å²) < 4.78 is 70.3. The Balaban J connectivity index is 2.16. The number of hydrogen-bond donors (Lipinski definition) is 0. The Kier molecular flexibility index (Phi) is 4.33. The zero-order valence-electron chi connectivity index (χ0n) is 13.4. The second-order valence-corrected chi connectivity index (χ2v) is 5.86. The van der Waals surface area contributed by atoms with Gasteiger partial charge in [-0.25, -0.2) is 22.0 Å². The lowest BCUT2D eigenvalue weighted by Gasteiger charge is -2.11. The summed E-state index contributed by atoms with van der Waals surface area (Å²) in [6, 6.07) is 7.86. The SMILES string of the molecule is Cc1ccc(-c2c(F)cc(-c3cc(F)c(C)c(F)c3)cc2F)c(F)c1. The van der Waals surface area contributed by atoms with Crippen molar-refractivity contribution in [2.75, 3.05) is 0 Å². The van der Waals surface area contributed by atoms with Gasteiger partial charge in [-0.1, -0.05) is 12.1 Å². The van der Waals surface area contributed by atoms with Gasteiger partial charge in [0.05, 0.1) is 5.56 Å². The van der Waals surface area contributed by atoms with Crippen molar-refractivity contribution in [3.8, 4) is 22.3 Å². The second-order valence-electron chi connectivity index (χ2n) is 5.86. The van der Waals surface area contributed by atoms with Crippen molar-refractivity contribution < 1.29 is 22.0 Å². The molecule has 3 aromatic carbocycles. The van der Waals surface area contributed by atoms with Crippen molar-refractivity contribution in [2.45, 2.75) is 13.8 Å². The van der Waals surface area contributed by atoms with E-state index in [2.05, 4.69) is 0 Å². The Morgan fingerprint density at radius 1 is 0.560 bits per heavy atom. The Bertz CT molecular complexity index is 930. The van der Waals surface area contributed by atoms with Crippen molar-refractivity contribution in [2.24, 2.45) is 0 Å². The van der Waals surface area contributed by atoms with E-state index in [0.717, 1.165) is 24.3 Å². The van der Waals surface area contributed by atoms with Gasteiger partial charge in [0, 0.05) is 11.1 Å². The van der Waals surface area contributed by atoms with E-state index >= 15 is 0 Å². The summed E-state index contributed by atoms with van der Waals surface area (Å²) in [7, 11) is 0. The summed E-state index contributed by atoms with van der Waals surface area (Å²) in [4.78, 5) is 0. The monoisotopic (exact) mass is 348 g/mol. The smallest absolute Gasteiger partial charge is 0.134 e. The highest BCUT2D eigenvalue weighted by Gasteiger charge is 2.18. The molecule has 0 heterocycles. The van der Waals surface area contributed by atoms with E-state index in [-0.39, 0.29) is 22.3 Å². The van der Waals surface area contributed by atoms with Gasteiger partial charge in [-0.2, -0.15) is 0 Å². The second kappa shape index (κ2) is 6.31. The Morgan fingerprint density at radius 3 is 1.52 bits per heavy atom. The van der Waals surface area contributed by atoms with Crippen LogP contribution in [0.5, 0.6) is 0 Å². The zero-order valence-corrected chi connectivity index (χ0v) is 13.4. The maximum absolute atomic E-state index is 14.4. The average molecular weight is 348 g/mol. The highest BCUT2D eigenvalue weighted by atomic mass is 19.1. The van der Waals surface area contributed by atoms with Gasteiger partial charge in [0.15, 0.2) is 0 Å². The third-order valence-electron chi connectivity index (χ3n) is 4.05. The maximum Gasteiger partial charge on any atom is 0.134 e.